The van der Waals surface area contributed by atoms with Crippen LogP contribution in [0, 0.1) is 6.92 Å². The number of fused-ring (bicyclic) bond motifs is 2. The lowest BCUT2D eigenvalue weighted by Gasteiger charge is -2.11. The summed E-state index contributed by atoms with van der Waals surface area (Å²) in [6.45, 7) is 2.03. The molecule has 0 fully saturated rings. The molecule has 2 aromatic carbocycles. The average Bonchev–Trinajstić information content (AvgIpc) is 3.30. The summed E-state index contributed by atoms with van der Waals surface area (Å²) < 4.78 is 3.60. The summed E-state index contributed by atoms with van der Waals surface area (Å²) in [6, 6.07) is 16.4. The number of aryl methyl sites for hydroxylation is 1. The minimum atomic E-state index is -0.136. The molecular formula is C18H15BN6. The smallest absolute Gasteiger partial charge is 0.241 e. The van der Waals surface area contributed by atoms with Crippen molar-refractivity contribution in [2.75, 3.05) is 0 Å². The van der Waals surface area contributed by atoms with Crippen molar-refractivity contribution in [3.05, 3.63) is 65.5 Å². The van der Waals surface area contributed by atoms with E-state index < -0.39 is 0 Å². The largest absolute Gasteiger partial charge is 0.271 e. The van der Waals surface area contributed by atoms with Gasteiger partial charge in [-0.1, -0.05) is 41.6 Å². The molecule has 2 atom stereocenters. The van der Waals surface area contributed by atoms with E-state index in [9.17, 15) is 0 Å². The predicted octanol–water partition coefficient (Wildman–Crippen LogP) is 2.52. The number of hydrogen-bond donors (Lipinski definition) is 0. The Kier molecular flexibility index (Phi) is 3.04. The van der Waals surface area contributed by atoms with E-state index in [1.807, 2.05) is 48.0 Å². The van der Waals surface area contributed by atoms with E-state index in [4.69, 9.17) is 12.9 Å². The summed E-state index contributed by atoms with van der Waals surface area (Å²) in [6.07, 6.45) is 0.803. The molecule has 0 bridgehead atoms. The second-order valence-electron chi connectivity index (χ2n) is 6.48. The van der Waals surface area contributed by atoms with Crippen LogP contribution in [-0.4, -0.2) is 37.6 Å². The average molecular weight is 326 g/mol. The fourth-order valence-electron chi connectivity index (χ4n) is 3.48. The molecule has 5 rings (SSSR count). The zero-order valence-electron chi connectivity index (χ0n) is 13.7. The second-order valence-corrected chi connectivity index (χ2v) is 6.48. The molecule has 7 heteroatoms. The molecule has 0 N–H and O–H groups in total. The van der Waals surface area contributed by atoms with Crippen LogP contribution in [0.2, 0.25) is 0 Å². The quantitative estimate of drug-likeness (QED) is 0.531. The van der Waals surface area contributed by atoms with Gasteiger partial charge in [0, 0.05) is 0 Å². The summed E-state index contributed by atoms with van der Waals surface area (Å²) in [7, 11) is 6.30. The molecule has 25 heavy (non-hydrogen) atoms. The van der Waals surface area contributed by atoms with Crippen LogP contribution in [0.5, 0.6) is 0 Å². The first-order chi connectivity index (χ1) is 12.2. The number of benzene rings is 2. The molecule has 1 aliphatic heterocycles. The molecule has 0 amide bonds. The molecule has 1 aliphatic rings. The third-order valence-electron chi connectivity index (χ3n) is 4.73. The van der Waals surface area contributed by atoms with Gasteiger partial charge in [-0.3, -0.25) is 0 Å². The van der Waals surface area contributed by atoms with Gasteiger partial charge in [0.05, 0.1) is 19.4 Å². The van der Waals surface area contributed by atoms with Crippen LogP contribution in [0.3, 0.4) is 0 Å². The van der Waals surface area contributed by atoms with Crippen LogP contribution >= 0.6 is 0 Å². The topological polar surface area (TPSA) is 61.4 Å². The minimum absolute atomic E-state index is 0.101. The molecule has 2 aromatic heterocycles. The van der Waals surface area contributed by atoms with Gasteiger partial charge in [-0.25, -0.2) is 4.68 Å². The molecule has 0 saturated heterocycles. The summed E-state index contributed by atoms with van der Waals surface area (Å²) >= 11 is 0. The molecular weight excluding hydrogens is 311 g/mol. The van der Waals surface area contributed by atoms with Crippen molar-refractivity contribution < 1.29 is 0 Å². The Hall–Kier alpha value is -2.96. The van der Waals surface area contributed by atoms with Gasteiger partial charge in [-0.2, -0.15) is 9.67 Å². The van der Waals surface area contributed by atoms with E-state index >= 15 is 0 Å². The molecule has 2 radical (unpaired) electrons. The lowest BCUT2D eigenvalue weighted by Crippen LogP contribution is -2.09. The number of aromatic nitrogens is 6. The van der Waals surface area contributed by atoms with Crippen molar-refractivity contribution in [3.8, 4) is 5.95 Å². The van der Waals surface area contributed by atoms with Crippen molar-refractivity contribution >= 4 is 18.9 Å². The minimum Gasteiger partial charge on any atom is -0.241 e. The highest BCUT2D eigenvalue weighted by Gasteiger charge is 2.32. The van der Waals surface area contributed by atoms with Gasteiger partial charge < -0.3 is 0 Å². The van der Waals surface area contributed by atoms with Gasteiger partial charge in [0.1, 0.15) is 11.3 Å². The van der Waals surface area contributed by atoms with Crippen molar-refractivity contribution in [2.24, 2.45) is 0 Å². The van der Waals surface area contributed by atoms with Crippen LogP contribution in [-0.2, 0) is 0 Å². The zero-order valence-corrected chi connectivity index (χ0v) is 13.7. The molecule has 120 valence electrons. The van der Waals surface area contributed by atoms with Gasteiger partial charge in [-0.05, 0) is 42.4 Å². The summed E-state index contributed by atoms with van der Waals surface area (Å²) in [5.74, 6) is 1.17. The van der Waals surface area contributed by atoms with Crippen molar-refractivity contribution in [1.82, 2.24) is 29.8 Å². The third-order valence-corrected chi connectivity index (χ3v) is 4.73. The fraction of sp³-hybridized carbons (Fsp3) is 0.222. The first kappa shape index (κ1) is 14.4. The normalized spacial score (nSPS) is 19.4. The maximum absolute atomic E-state index is 6.30. The fourth-order valence-corrected chi connectivity index (χ4v) is 3.48. The van der Waals surface area contributed by atoms with E-state index in [1.54, 1.807) is 4.68 Å². The van der Waals surface area contributed by atoms with E-state index in [2.05, 4.69) is 27.4 Å². The van der Waals surface area contributed by atoms with Crippen LogP contribution in [0.15, 0.2) is 48.5 Å². The van der Waals surface area contributed by atoms with E-state index in [-0.39, 0.29) is 11.9 Å². The Morgan fingerprint density at radius 1 is 1.12 bits per heavy atom. The molecule has 2 unspecified atom stereocenters. The van der Waals surface area contributed by atoms with Crippen molar-refractivity contribution in [2.45, 2.75) is 25.2 Å². The third kappa shape index (κ3) is 2.19. The number of nitrogens with zero attached hydrogens (tertiary/aromatic N) is 6. The van der Waals surface area contributed by atoms with Crippen LogP contribution in [0.25, 0.3) is 17.0 Å². The van der Waals surface area contributed by atoms with Crippen molar-refractivity contribution in [1.29, 1.82) is 0 Å². The van der Waals surface area contributed by atoms with E-state index in [1.165, 1.54) is 5.56 Å². The summed E-state index contributed by atoms with van der Waals surface area (Å²) in [5, 5.41) is 13.2. The molecule has 4 aromatic rings. The SMILES string of the molecule is [B]C1CC(c2ccccc2)n2nc(-n3nnc4cc(C)ccc43)nc21. The Bertz CT molecular complexity index is 1070. The molecule has 0 spiro atoms. The monoisotopic (exact) mass is 326 g/mol. The molecule has 0 aliphatic carbocycles. The lowest BCUT2D eigenvalue weighted by molar-refractivity contribution is 0.547. The van der Waals surface area contributed by atoms with Gasteiger partial charge in [0.15, 0.2) is 0 Å². The first-order valence-electron chi connectivity index (χ1n) is 8.30. The van der Waals surface area contributed by atoms with E-state index in [0.29, 0.717) is 5.95 Å². The number of hydrogen-bond acceptors (Lipinski definition) is 4. The van der Waals surface area contributed by atoms with Gasteiger partial charge in [-0.15, -0.1) is 10.2 Å². The van der Waals surface area contributed by atoms with Crippen LogP contribution < -0.4 is 0 Å². The second kappa shape index (κ2) is 5.27. The van der Waals surface area contributed by atoms with Gasteiger partial charge in [0.25, 0.3) is 5.95 Å². The van der Waals surface area contributed by atoms with Crippen LogP contribution in [0.4, 0.5) is 0 Å². The Morgan fingerprint density at radius 2 is 1.96 bits per heavy atom. The standard InChI is InChI=1S/C18H15BN6/c1-11-7-8-15-14(9-11)21-23-25(15)18-20-17-13(19)10-16(24(17)22-18)12-5-3-2-4-6-12/h2-9,13,16H,10H2,1H3. The highest BCUT2D eigenvalue weighted by molar-refractivity contribution is 6.12. The lowest BCUT2D eigenvalue weighted by atomic mass is 9.83. The Morgan fingerprint density at radius 3 is 2.80 bits per heavy atom. The highest BCUT2D eigenvalue weighted by Crippen LogP contribution is 2.37. The Labute approximate surface area is 145 Å². The maximum atomic E-state index is 6.30. The highest BCUT2D eigenvalue weighted by atomic mass is 15.5. The Balaban J connectivity index is 1.62. The first-order valence-corrected chi connectivity index (χ1v) is 8.30. The summed E-state index contributed by atoms with van der Waals surface area (Å²) in [5.41, 5.74) is 4.05. The van der Waals surface area contributed by atoms with Crippen molar-refractivity contribution in [3.63, 3.8) is 0 Å². The van der Waals surface area contributed by atoms with Gasteiger partial charge >= 0.3 is 0 Å². The molecule has 3 heterocycles. The predicted molar refractivity (Wildman–Crippen MR) is 94.9 cm³/mol. The van der Waals surface area contributed by atoms with E-state index in [0.717, 1.165) is 28.8 Å². The number of rotatable bonds is 2. The zero-order chi connectivity index (χ0) is 17.0. The van der Waals surface area contributed by atoms with Crippen LogP contribution in [0.1, 0.15) is 35.2 Å². The molecule has 6 nitrogen and oxygen atoms in total. The summed E-state index contributed by atoms with van der Waals surface area (Å²) in [4.78, 5) is 4.65. The van der Waals surface area contributed by atoms with Gasteiger partial charge in [0.2, 0.25) is 0 Å². The molecule has 0 saturated carbocycles. The maximum Gasteiger partial charge on any atom is 0.271 e.